The number of esters is 1. The van der Waals surface area contributed by atoms with Crippen molar-refractivity contribution in [3.05, 3.63) is 91.3 Å². The molecule has 236 valence electrons. The molecule has 1 heterocycles. The predicted molar refractivity (Wildman–Crippen MR) is 176 cm³/mol. The maximum Gasteiger partial charge on any atom is 0.339 e. The van der Waals surface area contributed by atoms with Gasteiger partial charge in [-0.3, -0.25) is 19.3 Å². The van der Waals surface area contributed by atoms with Gasteiger partial charge < -0.3 is 19.5 Å². The summed E-state index contributed by atoms with van der Waals surface area (Å²) in [6.07, 6.45) is 3.06. The number of ether oxygens (including phenoxy) is 3. The average Bonchev–Trinajstić information content (AvgIpc) is 3.25. The summed E-state index contributed by atoms with van der Waals surface area (Å²) >= 11 is 19.3. The summed E-state index contributed by atoms with van der Waals surface area (Å²) in [7, 11) is 0. The van der Waals surface area contributed by atoms with E-state index in [0.717, 1.165) is 16.9 Å². The van der Waals surface area contributed by atoms with Gasteiger partial charge >= 0.3 is 5.97 Å². The molecule has 0 aliphatic carbocycles. The maximum absolute atomic E-state index is 13.1. The molecule has 3 aromatic rings. The summed E-state index contributed by atoms with van der Waals surface area (Å²) in [4.78, 5) is 51.9. The van der Waals surface area contributed by atoms with Crippen LogP contribution in [0.2, 0.25) is 15.1 Å². The van der Waals surface area contributed by atoms with Crippen molar-refractivity contribution >= 4 is 81.4 Å². The number of unbranched alkanes of at least 4 members (excludes halogenated alkanes) is 1. The van der Waals surface area contributed by atoms with Crippen LogP contribution in [0.5, 0.6) is 11.5 Å². The molecule has 3 amide bonds. The van der Waals surface area contributed by atoms with Crippen LogP contribution < -0.4 is 14.8 Å². The zero-order chi connectivity index (χ0) is 32.5. The number of nitrogens with one attached hydrogen (secondary N) is 1. The van der Waals surface area contributed by atoms with E-state index in [9.17, 15) is 19.2 Å². The molecule has 0 unspecified atom stereocenters. The summed E-state index contributed by atoms with van der Waals surface area (Å²) in [6.45, 7) is 4.04. The normalized spacial score (nSPS) is 13.7. The Kier molecular flexibility index (Phi) is 12.2. The van der Waals surface area contributed by atoms with E-state index in [-0.39, 0.29) is 39.4 Å². The summed E-state index contributed by atoms with van der Waals surface area (Å²) < 4.78 is 16.9. The minimum Gasteiger partial charge on any atom is -0.490 e. The van der Waals surface area contributed by atoms with E-state index in [1.54, 1.807) is 24.3 Å². The molecule has 0 radical (unpaired) electrons. The monoisotopic (exact) mass is 690 g/mol. The van der Waals surface area contributed by atoms with Gasteiger partial charge in [0.1, 0.15) is 13.2 Å². The van der Waals surface area contributed by atoms with Crippen molar-refractivity contribution in [2.24, 2.45) is 0 Å². The Labute approximate surface area is 279 Å². The minimum atomic E-state index is -0.645. The van der Waals surface area contributed by atoms with E-state index in [1.165, 1.54) is 24.3 Å². The van der Waals surface area contributed by atoms with Crippen LogP contribution in [0.4, 0.5) is 10.5 Å². The number of hydrogen-bond donors (Lipinski definition) is 1. The first-order chi connectivity index (χ1) is 21.6. The molecule has 1 fully saturated rings. The third-order valence-corrected chi connectivity index (χ3v) is 8.07. The summed E-state index contributed by atoms with van der Waals surface area (Å²) in [5, 5.41) is 3.00. The number of benzene rings is 3. The van der Waals surface area contributed by atoms with Gasteiger partial charge in [-0.1, -0.05) is 60.3 Å². The highest BCUT2D eigenvalue weighted by atomic mass is 35.5. The van der Waals surface area contributed by atoms with Gasteiger partial charge in [0.2, 0.25) is 5.91 Å². The zero-order valence-corrected chi connectivity index (χ0v) is 27.4. The number of thioether (sulfide) groups is 1. The van der Waals surface area contributed by atoms with E-state index < -0.39 is 29.6 Å². The lowest BCUT2D eigenvalue weighted by Crippen LogP contribution is -2.36. The first-order valence-electron chi connectivity index (χ1n) is 13.9. The Balaban J connectivity index is 1.44. The highest BCUT2D eigenvalue weighted by Gasteiger charge is 2.36. The maximum atomic E-state index is 13.1. The second-order valence-corrected chi connectivity index (χ2v) is 11.9. The van der Waals surface area contributed by atoms with Crippen LogP contribution in [0.25, 0.3) is 6.08 Å². The van der Waals surface area contributed by atoms with Gasteiger partial charge in [0.05, 0.1) is 33.7 Å². The van der Waals surface area contributed by atoms with Gasteiger partial charge in [-0.2, -0.15) is 0 Å². The van der Waals surface area contributed by atoms with Gasteiger partial charge in [0, 0.05) is 10.7 Å². The van der Waals surface area contributed by atoms with Crippen LogP contribution in [0.1, 0.15) is 48.2 Å². The van der Waals surface area contributed by atoms with Crippen LogP contribution >= 0.6 is 46.6 Å². The van der Waals surface area contributed by atoms with Gasteiger partial charge in [0.25, 0.3) is 11.1 Å². The Hall–Kier alpha value is -3.70. The number of nitrogens with zero attached hydrogens (tertiary/aromatic N) is 1. The van der Waals surface area contributed by atoms with Crippen LogP contribution in [0, 0.1) is 0 Å². The van der Waals surface area contributed by atoms with Crippen molar-refractivity contribution in [2.45, 2.75) is 33.3 Å². The van der Waals surface area contributed by atoms with Crippen LogP contribution in [-0.4, -0.2) is 47.7 Å². The summed E-state index contributed by atoms with van der Waals surface area (Å²) in [5.74, 6) is -1.21. The molecular formula is C32H29Cl3N2O7S. The van der Waals surface area contributed by atoms with Crippen molar-refractivity contribution in [3.8, 4) is 11.5 Å². The van der Waals surface area contributed by atoms with E-state index in [4.69, 9.17) is 49.0 Å². The third kappa shape index (κ3) is 9.17. The van der Waals surface area contributed by atoms with E-state index in [0.29, 0.717) is 46.9 Å². The number of amides is 3. The summed E-state index contributed by atoms with van der Waals surface area (Å²) in [5.41, 5.74) is 1.72. The Morgan fingerprint density at radius 1 is 0.956 bits per heavy atom. The van der Waals surface area contributed by atoms with E-state index in [1.807, 2.05) is 26.0 Å². The molecule has 4 rings (SSSR count). The quantitative estimate of drug-likeness (QED) is 0.108. The zero-order valence-electron chi connectivity index (χ0n) is 24.4. The molecule has 1 aliphatic heterocycles. The fourth-order valence-corrected chi connectivity index (χ4v) is 5.52. The number of imide groups is 1. The Morgan fingerprint density at radius 2 is 1.71 bits per heavy atom. The Morgan fingerprint density at radius 3 is 2.42 bits per heavy atom. The lowest BCUT2D eigenvalue weighted by atomic mass is 10.1. The molecule has 3 aromatic carbocycles. The van der Waals surface area contributed by atoms with Gasteiger partial charge in [0.15, 0.2) is 11.5 Å². The highest BCUT2D eigenvalue weighted by Crippen LogP contribution is 2.39. The van der Waals surface area contributed by atoms with Crippen molar-refractivity contribution in [3.63, 3.8) is 0 Å². The molecule has 0 saturated carbocycles. The number of carbonyl (C=O) groups is 4. The molecule has 1 aliphatic rings. The molecule has 9 nitrogen and oxygen atoms in total. The number of carbonyl (C=O) groups excluding carboxylic acids is 4. The highest BCUT2D eigenvalue weighted by molar-refractivity contribution is 8.18. The lowest BCUT2D eigenvalue weighted by Gasteiger charge is -2.15. The summed E-state index contributed by atoms with van der Waals surface area (Å²) in [6, 6.07) is 14.8. The standard InChI is InChI=1S/C32H29Cl3N2O7S/c1-3-5-12-43-31(40)23-16-22(10-11-24(23)34)36-28(38)17-37-30(39)27(45-32(37)41)15-20-13-25(35)29(26(14-20)42-4-2)44-18-19-6-8-21(33)9-7-19/h6-11,13-16H,3-5,12,17-18H2,1-2H3,(H,36,38)/b27-15+. The van der Waals surface area contributed by atoms with Gasteiger partial charge in [-0.25, -0.2) is 4.79 Å². The SMILES string of the molecule is CCCCOC(=O)c1cc(NC(=O)CN2C(=O)S/C(=C/c3cc(Cl)c(OCc4ccc(Cl)cc4)c(OCC)c3)C2=O)ccc1Cl. The third-order valence-electron chi connectivity index (χ3n) is 6.30. The first kappa shape index (κ1) is 34.2. The number of anilines is 1. The lowest BCUT2D eigenvalue weighted by molar-refractivity contribution is -0.127. The largest absolute Gasteiger partial charge is 0.490 e. The molecule has 13 heteroatoms. The molecule has 1 N–H and O–H groups in total. The fraction of sp³-hybridized carbons (Fsp3) is 0.250. The number of hydrogen-bond acceptors (Lipinski definition) is 8. The van der Waals surface area contributed by atoms with Crippen molar-refractivity contribution in [1.29, 1.82) is 0 Å². The molecule has 1 saturated heterocycles. The minimum absolute atomic E-state index is 0.0890. The van der Waals surface area contributed by atoms with Gasteiger partial charge in [-0.05, 0) is 84.8 Å². The predicted octanol–water partition coefficient (Wildman–Crippen LogP) is 8.26. The van der Waals surface area contributed by atoms with Gasteiger partial charge in [-0.15, -0.1) is 0 Å². The van der Waals surface area contributed by atoms with Crippen molar-refractivity contribution < 1.29 is 33.4 Å². The average molecular weight is 692 g/mol. The smallest absolute Gasteiger partial charge is 0.339 e. The molecule has 0 atom stereocenters. The fourth-order valence-electron chi connectivity index (χ4n) is 4.09. The molecule has 45 heavy (non-hydrogen) atoms. The number of halogens is 3. The molecule has 0 bridgehead atoms. The number of rotatable bonds is 13. The van der Waals surface area contributed by atoms with E-state index >= 15 is 0 Å². The second-order valence-electron chi connectivity index (χ2n) is 9.68. The topological polar surface area (TPSA) is 111 Å². The van der Waals surface area contributed by atoms with E-state index in [2.05, 4.69) is 5.32 Å². The molecule has 0 aromatic heterocycles. The van der Waals surface area contributed by atoms with Crippen LogP contribution in [0.3, 0.4) is 0 Å². The first-order valence-corrected chi connectivity index (χ1v) is 15.9. The van der Waals surface area contributed by atoms with Crippen LogP contribution in [-0.2, 0) is 20.9 Å². The molecular weight excluding hydrogens is 663 g/mol. The Bertz CT molecular complexity index is 1630. The van der Waals surface area contributed by atoms with Crippen LogP contribution in [0.15, 0.2) is 59.5 Å². The van der Waals surface area contributed by atoms with Crippen molar-refractivity contribution in [2.75, 3.05) is 25.1 Å². The second kappa shape index (κ2) is 16.0. The van der Waals surface area contributed by atoms with Crippen molar-refractivity contribution in [1.82, 2.24) is 4.90 Å². The molecule has 0 spiro atoms.